The number of amides is 1. The highest BCUT2D eigenvalue weighted by molar-refractivity contribution is 6.08. The van der Waals surface area contributed by atoms with Crippen molar-refractivity contribution in [2.75, 3.05) is 11.4 Å². The summed E-state index contributed by atoms with van der Waals surface area (Å²) in [5, 5.41) is 9.26. The Hall–Kier alpha value is -2.76. The summed E-state index contributed by atoms with van der Waals surface area (Å²) in [5.74, 6) is -3.09. The summed E-state index contributed by atoms with van der Waals surface area (Å²) in [5.41, 5.74) is 0.949. The van der Waals surface area contributed by atoms with Crippen LogP contribution in [0, 0.1) is 5.82 Å². The van der Waals surface area contributed by atoms with Crippen molar-refractivity contribution in [1.82, 2.24) is 4.98 Å². The zero-order chi connectivity index (χ0) is 15.0. The number of hydrogen-bond donors (Lipinski definition) is 1. The van der Waals surface area contributed by atoms with Gasteiger partial charge in [0.15, 0.2) is 5.82 Å². The van der Waals surface area contributed by atoms with Gasteiger partial charge in [0.2, 0.25) is 0 Å². The molecule has 1 aliphatic rings. The normalized spacial score (nSPS) is 16.6. The Labute approximate surface area is 119 Å². The van der Waals surface area contributed by atoms with Crippen molar-refractivity contribution >= 4 is 17.6 Å². The largest absolute Gasteiger partial charge is 0.481 e. The Balaban J connectivity index is 2.03. The Bertz CT molecular complexity index is 732. The summed E-state index contributed by atoms with van der Waals surface area (Å²) in [4.78, 5) is 28.7. The van der Waals surface area contributed by atoms with Gasteiger partial charge in [0.05, 0.1) is 11.8 Å². The molecule has 1 N–H and O–H groups in total. The average Bonchev–Trinajstić information content (AvgIpc) is 2.87. The second-order valence-corrected chi connectivity index (χ2v) is 4.72. The van der Waals surface area contributed by atoms with Crippen molar-refractivity contribution in [1.29, 1.82) is 0 Å². The molecule has 0 radical (unpaired) electrons. The molecule has 2 heterocycles. The van der Waals surface area contributed by atoms with Crippen molar-refractivity contribution in [2.45, 2.75) is 5.92 Å². The second-order valence-electron chi connectivity index (χ2n) is 4.72. The smallest absolute Gasteiger partial charge is 0.312 e. The quantitative estimate of drug-likeness (QED) is 0.917. The number of carbonyl (C=O) groups is 2. The molecular weight excluding hydrogens is 275 g/mol. The summed E-state index contributed by atoms with van der Waals surface area (Å²) < 4.78 is 13.7. The number of para-hydroxylation sites is 1. The number of aliphatic carboxylic acids is 1. The minimum absolute atomic E-state index is 0.00469. The molecule has 1 aromatic heterocycles. The molecule has 3 rings (SSSR count). The minimum Gasteiger partial charge on any atom is -0.481 e. The summed E-state index contributed by atoms with van der Waals surface area (Å²) in [6.45, 7) is -0.00469. The first-order valence-electron chi connectivity index (χ1n) is 6.32. The molecule has 1 amide bonds. The topological polar surface area (TPSA) is 70.5 Å². The summed E-state index contributed by atoms with van der Waals surface area (Å²) in [7, 11) is 0. The van der Waals surface area contributed by atoms with Gasteiger partial charge in [0.1, 0.15) is 5.92 Å². The Morgan fingerprint density at radius 3 is 2.76 bits per heavy atom. The van der Waals surface area contributed by atoms with Gasteiger partial charge in [0, 0.05) is 18.4 Å². The first-order chi connectivity index (χ1) is 10.1. The fraction of sp³-hybridized carbons (Fsp3) is 0.133. The van der Waals surface area contributed by atoms with Gasteiger partial charge < -0.3 is 10.0 Å². The van der Waals surface area contributed by atoms with Crippen LogP contribution in [-0.4, -0.2) is 28.5 Å². The number of fused-ring (bicyclic) bond motifs is 1. The van der Waals surface area contributed by atoms with Crippen molar-refractivity contribution < 1.29 is 19.1 Å². The number of carboxylic acid groups (broad SMARTS) is 1. The number of nitrogens with zero attached hydrogens (tertiary/aromatic N) is 2. The number of benzene rings is 1. The van der Waals surface area contributed by atoms with Gasteiger partial charge in [-0.1, -0.05) is 18.2 Å². The van der Waals surface area contributed by atoms with Gasteiger partial charge >= 0.3 is 5.97 Å². The molecular formula is C15H11FN2O3. The zero-order valence-corrected chi connectivity index (χ0v) is 10.9. The molecule has 0 aliphatic carbocycles. The van der Waals surface area contributed by atoms with Crippen LogP contribution in [0.25, 0.3) is 0 Å². The first kappa shape index (κ1) is 13.2. The third-order valence-corrected chi connectivity index (χ3v) is 3.51. The summed E-state index contributed by atoms with van der Waals surface area (Å²) in [6.07, 6.45) is 2.29. The lowest BCUT2D eigenvalue weighted by molar-refractivity contribution is -0.138. The summed E-state index contributed by atoms with van der Waals surface area (Å²) in [6, 6.07) is 8.05. The highest BCUT2D eigenvalue weighted by Gasteiger charge is 2.37. The zero-order valence-electron chi connectivity index (χ0n) is 10.9. The molecule has 106 valence electrons. The van der Waals surface area contributed by atoms with Crippen LogP contribution >= 0.6 is 0 Å². The van der Waals surface area contributed by atoms with Crippen LogP contribution in [0.2, 0.25) is 0 Å². The molecule has 0 fully saturated rings. The lowest BCUT2D eigenvalue weighted by Crippen LogP contribution is -2.31. The molecule has 0 unspecified atom stereocenters. The minimum atomic E-state index is -1.01. The van der Waals surface area contributed by atoms with E-state index >= 15 is 0 Å². The predicted molar refractivity (Wildman–Crippen MR) is 72.7 cm³/mol. The van der Waals surface area contributed by atoms with E-state index in [0.29, 0.717) is 11.3 Å². The van der Waals surface area contributed by atoms with E-state index in [0.717, 1.165) is 6.20 Å². The van der Waals surface area contributed by atoms with Gasteiger partial charge in [0.25, 0.3) is 5.91 Å². The van der Waals surface area contributed by atoms with Crippen LogP contribution in [0.3, 0.4) is 0 Å². The predicted octanol–water partition coefficient (Wildman–Crippen LogP) is 2.05. The molecule has 0 spiro atoms. The Morgan fingerprint density at radius 2 is 2.05 bits per heavy atom. The molecule has 5 nitrogen and oxygen atoms in total. The maximum atomic E-state index is 13.7. The lowest BCUT2D eigenvalue weighted by atomic mass is 10.0. The van der Waals surface area contributed by atoms with Crippen LogP contribution in [0.1, 0.15) is 21.8 Å². The number of hydrogen-bond acceptors (Lipinski definition) is 3. The van der Waals surface area contributed by atoms with Gasteiger partial charge in [-0.15, -0.1) is 0 Å². The number of halogens is 1. The van der Waals surface area contributed by atoms with Gasteiger partial charge in [-0.3, -0.25) is 14.6 Å². The maximum absolute atomic E-state index is 13.7. The number of carbonyl (C=O) groups excluding carboxylic acids is 1. The number of anilines is 1. The maximum Gasteiger partial charge on any atom is 0.312 e. The number of rotatable bonds is 2. The number of pyridine rings is 1. The molecule has 1 atom stereocenters. The number of aromatic nitrogens is 1. The SMILES string of the molecule is O=C(O)[C@H]1CN(C(=O)c2ccncc2F)c2ccccc21. The lowest BCUT2D eigenvalue weighted by Gasteiger charge is -2.17. The standard InChI is InChI=1S/C15H11FN2O3/c16-12-7-17-6-5-10(12)14(19)18-8-11(15(20)21)9-3-1-2-4-13(9)18/h1-7,11H,8H2,(H,20,21)/t11-/m0/s1. The third kappa shape index (κ3) is 2.14. The van der Waals surface area contributed by atoms with Crippen LogP contribution in [0.15, 0.2) is 42.7 Å². The molecule has 21 heavy (non-hydrogen) atoms. The molecule has 1 aliphatic heterocycles. The van der Waals surface area contributed by atoms with Crippen LogP contribution in [0.5, 0.6) is 0 Å². The van der Waals surface area contributed by atoms with E-state index in [2.05, 4.69) is 4.98 Å². The van der Waals surface area contributed by atoms with E-state index < -0.39 is 23.6 Å². The molecule has 0 bridgehead atoms. The van der Waals surface area contributed by atoms with E-state index in [1.54, 1.807) is 24.3 Å². The van der Waals surface area contributed by atoms with Crippen LogP contribution in [0.4, 0.5) is 10.1 Å². The van der Waals surface area contributed by atoms with Crippen LogP contribution in [-0.2, 0) is 4.79 Å². The van der Waals surface area contributed by atoms with E-state index in [-0.39, 0.29) is 12.1 Å². The van der Waals surface area contributed by atoms with Gasteiger partial charge in [-0.25, -0.2) is 4.39 Å². The molecule has 0 saturated heterocycles. The van der Waals surface area contributed by atoms with Crippen molar-refractivity contribution in [3.8, 4) is 0 Å². The first-order valence-corrected chi connectivity index (χ1v) is 6.32. The van der Waals surface area contributed by atoms with Crippen molar-refractivity contribution in [3.05, 3.63) is 59.7 Å². The highest BCUT2D eigenvalue weighted by Crippen LogP contribution is 2.37. The molecule has 2 aromatic rings. The Morgan fingerprint density at radius 1 is 1.29 bits per heavy atom. The van der Waals surface area contributed by atoms with E-state index in [1.807, 2.05) is 0 Å². The van der Waals surface area contributed by atoms with Gasteiger partial charge in [-0.2, -0.15) is 0 Å². The molecule has 1 aromatic carbocycles. The second kappa shape index (κ2) is 4.97. The fourth-order valence-electron chi connectivity index (χ4n) is 2.50. The molecule has 0 saturated carbocycles. The monoisotopic (exact) mass is 286 g/mol. The van der Waals surface area contributed by atoms with E-state index in [1.165, 1.54) is 17.2 Å². The van der Waals surface area contributed by atoms with Gasteiger partial charge in [-0.05, 0) is 17.7 Å². The fourth-order valence-corrected chi connectivity index (χ4v) is 2.50. The third-order valence-electron chi connectivity index (χ3n) is 3.51. The number of carboxylic acids is 1. The molecule has 6 heteroatoms. The van der Waals surface area contributed by atoms with E-state index in [9.17, 15) is 19.1 Å². The highest BCUT2D eigenvalue weighted by atomic mass is 19.1. The van der Waals surface area contributed by atoms with Crippen molar-refractivity contribution in [2.24, 2.45) is 0 Å². The van der Waals surface area contributed by atoms with Crippen LogP contribution < -0.4 is 4.90 Å². The van der Waals surface area contributed by atoms with E-state index in [4.69, 9.17) is 0 Å². The Kier molecular flexibility index (Phi) is 3.13. The summed E-state index contributed by atoms with van der Waals surface area (Å²) >= 11 is 0. The average molecular weight is 286 g/mol. The van der Waals surface area contributed by atoms with Crippen molar-refractivity contribution in [3.63, 3.8) is 0 Å².